The van der Waals surface area contributed by atoms with Gasteiger partial charge in [0.1, 0.15) is 0 Å². The number of hydrogen-bond donors (Lipinski definition) is 1. The molecule has 0 aromatic carbocycles. The summed E-state index contributed by atoms with van der Waals surface area (Å²) in [5.41, 5.74) is 8.45. The van der Waals surface area contributed by atoms with Gasteiger partial charge in [-0.2, -0.15) is 0 Å². The van der Waals surface area contributed by atoms with E-state index in [-0.39, 0.29) is 12.1 Å². The average molecular weight is 324 g/mol. The number of rotatable bonds is 6. The molecule has 114 valence electrons. The fourth-order valence-corrected chi connectivity index (χ4v) is 3.81. The van der Waals surface area contributed by atoms with Crippen LogP contribution in [0, 0.1) is 6.92 Å². The summed E-state index contributed by atoms with van der Waals surface area (Å²) in [6.45, 7) is 4.90. The molecule has 0 bridgehead atoms. The predicted molar refractivity (Wildman–Crippen MR) is 90.8 cm³/mol. The molecule has 2 rings (SSSR count). The minimum Gasteiger partial charge on any atom is -0.326 e. The molecule has 2 heterocycles. The van der Waals surface area contributed by atoms with Crippen LogP contribution in [0.3, 0.4) is 0 Å². The van der Waals surface area contributed by atoms with E-state index in [0.717, 1.165) is 28.7 Å². The summed E-state index contributed by atoms with van der Waals surface area (Å²) in [4.78, 5) is 8.05. The molecule has 2 aromatic heterocycles. The number of likely N-dealkylation sites (N-methyl/N-ethyl adjacent to an activating group) is 1. The van der Waals surface area contributed by atoms with Crippen molar-refractivity contribution in [3.8, 4) is 0 Å². The molecule has 3 nitrogen and oxygen atoms in total. The molecule has 0 aliphatic rings. The van der Waals surface area contributed by atoms with E-state index in [1.54, 1.807) is 11.3 Å². The molecule has 0 spiro atoms. The van der Waals surface area contributed by atoms with Crippen LogP contribution in [-0.4, -0.2) is 23.0 Å². The van der Waals surface area contributed by atoms with Gasteiger partial charge in [0.2, 0.25) is 0 Å². The van der Waals surface area contributed by atoms with Gasteiger partial charge in [-0.1, -0.05) is 24.6 Å². The number of nitrogens with two attached hydrogens (primary N) is 1. The summed E-state index contributed by atoms with van der Waals surface area (Å²) < 4.78 is 0.806. The Morgan fingerprint density at radius 3 is 2.67 bits per heavy atom. The van der Waals surface area contributed by atoms with Gasteiger partial charge in [0.15, 0.2) is 0 Å². The highest BCUT2D eigenvalue weighted by molar-refractivity contribution is 7.16. The Morgan fingerprint density at radius 2 is 2.10 bits per heavy atom. The summed E-state index contributed by atoms with van der Waals surface area (Å²) in [6, 6.07) is 10.4. The fourth-order valence-electron chi connectivity index (χ4n) is 2.51. The van der Waals surface area contributed by atoms with Crippen LogP contribution in [-0.2, 0) is 6.54 Å². The van der Waals surface area contributed by atoms with Crippen molar-refractivity contribution < 1.29 is 0 Å². The van der Waals surface area contributed by atoms with Crippen LogP contribution in [0.25, 0.3) is 0 Å². The maximum absolute atomic E-state index is 6.34. The molecule has 2 aromatic rings. The third kappa shape index (κ3) is 4.27. The van der Waals surface area contributed by atoms with Crippen LogP contribution < -0.4 is 5.73 Å². The third-order valence-corrected chi connectivity index (χ3v) is 4.90. The predicted octanol–water partition coefficient (Wildman–Crippen LogP) is 4.02. The summed E-state index contributed by atoms with van der Waals surface area (Å²) in [6.07, 6.45) is 0.922. The number of pyridine rings is 1. The van der Waals surface area contributed by atoms with Gasteiger partial charge in [0.05, 0.1) is 16.1 Å². The summed E-state index contributed by atoms with van der Waals surface area (Å²) in [5.74, 6) is 0. The molecular weight excluding hydrogens is 302 g/mol. The van der Waals surface area contributed by atoms with Crippen molar-refractivity contribution in [2.45, 2.75) is 38.9 Å². The van der Waals surface area contributed by atoms with Crippen molar-refractivity contribution in [3.05, 3.63) is 50.9 Å². The van der Waals surface area contributed by atoms with Crippen molar-refractivity contribution >= 4 is 22.9 Å². The lowest BCUT2D eigenvalue weighted by molar-refractivity contribution is 0.203. The van der Waals surface area contributed by atoms with Crippen LogP contribution in [0.15, 0.2) is 30.3 Å². The Morgan fingerprint density at radius 1 is 1.33 bits per heavy atom. The Kier molecular flexibility index (Phi) is 5.76. The van der Waals surface area contributed by atoms with Crippen molar-refractivity contribution in [1.82, 2.24) is 9.88 Å². The first kappa shape index (κ1) is 16.4. The molecular formula is C16H22ClN3S. The average Bonchev–Trinajstić information content (AvgIpc) is 2.85. The summed E-state index contributed by atoms with van der Waals surface area (Å²) in [7, 11) is 2.10. The number of thiophene rings is 1. The molecule has 0 aliphatic heterocycles. The van der Waals surface area contributed by atoms with Crippen LogP contribution in [0.2, 0.25) is 4.34 Å². The standard InChI is InChI=1S/C16H22ClN3S/c1-4-13(18)16(14-8-9-15(17)21-14)20(3)10-12-7-5-6-11(2)19-12/h5-9,13,16H,4,10,18H2,1-3H3. The van der Waals surface area contributed by atoms with Crippen LogP contribution >= 0.6 is 22.9 Å². The van der Waals surface area contributed by atoms with E-state index in [9.17, 15) is 0 Å². The SMILES string of the molecule is CCC(N)C(c1ccc(Cl)s1)N(C)Cc1cccc(C)n1. The van der Waals surface area contributed by atoms with Gasteiger partial charge < -0.3 is 5.73 Å². The highest BCUT2D eigenvalue weighted by Crippen LogP contribution is 2.33. The van der Waals surface area contributed by atoms with Crippen molar-refractivity contribution in [1.29, 1.82) is 0 Å². The maximum Gasteiger partial charge on any atom is 0.0931 e. The van der Waals surface area contributed by atoms with Crippen LogP contribution in [0.5, 0.6) is 0 Å². The lowest BCUT2D eigenvalue weighted by Crippen LogP contribution is -2.38. The summed E-state index contributed by atoms with van der Waals surface area (Å²) in [5, 5.41) is 0. The molecule has 0 aliphatic carbocycles. The monoisotopic (exact) mass is 323 g/mol. The van der Waals surface area contributed by atoms with Gasteiger partial charge in [0, 0.05) is 23.2 Å². The minimum atomic E-state index is 0.0783. The van der Waals surface area contributed by atoms with Gasteiger partial charge >= 0.3 is 0 Å². The first-order valence-electron chi connectivity index (χ1n) is 7.15. The molecule has 0 radical (unpaired) electrons. The van der Waals surface area contributed by atoms with Crippen LogP contribution in [0.1, 0.15) is 35.7 Å². The van der Waals surface area contributed by atoms with Gasteiger partial charge in [-0.3, -0.25) is 9.88 Å². The molecule has 2 atom stereocenters. The van der Waals surface area contributed by atoms with Gasteiger partial charge in [-0.25, -0.2) is 0 Å². The number of hydrogen-bond acceptors (Lipinski definition) is 4. The zero-order valence-corrected chi connectivity index (χ0v) is 14.3. The van der Waals surface area contributed by atoms with E-state index in [1.165, 1.54) is 4.88 Å². The van der Waals surface area contributed by atoms with E-state index < -0.39 is 0 Å². The second kappa shape index (κ2) is 7.36. The first-order valence-corrected chi connectivity index (χ1v) is 8.34. The van der Waals surface area contributed by atoms with Gasteiger partial charge in [-0.15, -0.1) is 11.3 Å². The lowest BCUT2D eigenvalue weighted by atomic mass is 10.0. The Balaban J connectivity index is 2.20. The lowest BCUT2D eigenvalue weighted by Gasteiger charge is -2.31. The van der Waals surface area contributed by atoms with Gasteiger partial charge in [0.25, 0.3) is 0 Å². The Hall–Kier alpha value is -0.940. The molecule has 0 amide bonds. The highest BCUT2D eigenvalue weighted by atomic mass is 35.5. The second-order valence-electron chi connectivity index (χ2n) is 5.34. The Labute approximate surface area is 135 Å². The van der Waals surface area contributed by atoms with Crippen molar-refractivity contribution in [2.24, 2.45) is 5.73 Å². The maximum atomic E-state index is 6.34. The zero-order chi connectivity index (χ0) is 15.4. The topological polar surface area (TPSA) is 42.1 Å². The minimum absolute atomic E-state index is 0.0783. The van der Waals surface area contributed by atoms with Crippen molar-refractivity contribution in [3.63, 3.8) is 0 Å². The Bertz CT molecular complexity index is 584. The smallest absolute Gasteiger partial charge is 0.0931 e. The summed E-state index contributed by atoms with van der Waals surface area (Å²) >= 11 is 7.69. The van der Waals surface area contributed by atoms with E-state index in [0.29, 0.717) is 0 Å². The van der Waals surface area contributed by atoms with E-state index in [4.69, 9.17) is 17.3 Å². The zero-order valence-electron chi connectivity index (χ0n) is 12.7. The molecule has 5 heteroatoms. The fraction of sp³-hybridized carbons (Fsp3) is 0.438. The van der Waals surface area contributed by atoms with Crippen molar-refractivity contribution in [2.75, 3.05) is 7.05 Å². The van der Waals surface area contributed by atoms with E-state index in [1.807, 2.05) is 25.1 Å². The quantitative estimate of drug-likeness (QED) is 0.873. The second-order valence-corrected chi connectivity index (χ2v) is 7.09. The molecule has 2 unspecified atom stereocenters. The molecule has 0 fully saturated rings. The normalized spacial score (nSPS) is 14.4. The van der Waals surface area contributed by atoms with Gasteiger partial charge in [-0.05, 0) is 44.7 Å². The van der Waals surface area contributed by atoms with Crippen LogP contribution in [0.4, 0.5) is 0 Å². The largest absolute Gasteiger partial charge is 0.326 e. The first-order chi connectivity index (χ1) is 10.0. The number of aromatic nitrogens is 1. The van der Waals surface area contributed by atoms with E-state index >= 15 is 0 Å². The number of aryl methyl sites for hydroxylation is 1. The molecule has 0 saturated heterocycles. The van der Waals surface area contributed by atoms with E-state index in [2.05, 4.69) is 36.0 Å². The number of halogens is 1. The number of nitrogens with zero attached hydrogens (tertiary/aromatic N) is 2. The molecule has 21 heavy (non-hydrogen) atoms. The molecule has 0 saturated carbocycles. The third-order valence-electron chi connectivity index (χ3n) is 3.59. The highest BCUT2D eigenvalue weighted by Gasteiger charge is 2.25. The molecule has 2 N–H and O–H groups in total.